The molecule has 0 fully saturated rings. The Bertz CT molecular complexity index is 982. The Morgan fingerprint density at radius 3 is 2.03 bits per heavy atom. The Kier molecular flexibility index (Phi) is 12.1. The van der Waals surface area contributed by atoms with Crippen molar-refractivity contribution in [1.29, 1.82) is 10.5 Å². The summed E-state index contributed by atoms with van der Waals surface area (Å²) in [5, 5.41) is 36.2. The van der Waals surface area contributed by atoms with Gasteiger partial charge in [0.2, 0.25) is 0 Å². The van der Waals surface area contributed by atoms with E-state index in [4.69, 9.17) is 0 Å². The van der Waals surface area contributed by atoms with E-state index < -0.39 is 6.61 Å². The van der Waals surface area contributed by atoms with Gasteiger partial charge >= 0.3 is 11.9 Å². The summed E-state index contributed by atoms with van der Waals surface area (Å²) in [6.07, 6.45) is 3.41. The average molecular weight is 518 g/mol. The molecule has 10 nitrogen and oxygen atoms in total. The number of carbonyl (C=O) groups is 2. The second-order valence-electron chi connectivity index (χ2n) is 6.54. The van der Waals surface area contributed by atoms with Crippen LogP contribution in [0.4, 0.5) is 5.69 Å². The molecule has 0 heterocycles. The van der Waals surface area contributed by atoms with Gasteiger partial charge in [-0.15, -0.1) is 5.11 Å². The van der Waals surface area contributed by atoms with Crippen molar-refractivity contribution in [3.05, 3.63) is 51.3 Å². The van der Waals surface area contributed by atoms with E-state index in [0.717, 1.165) is 0 Å². The van der Waals surface area contributed by atoms with E-state index in [0.29, 0.717) is 23.3 Å². The van der Waals surface area contributed by atoms with Gasteiger partial charge in [-0.1, -0.05) is 15.9 Å². The zero-order valence-electron chi connectivity index (χ0n) is 18.5. The predicted molar refractivity (Wildman–Crippen MR) is 122 cm³/mol. The second kappa shape index (κ2) is 14.5. The minimum atomic E-state index is -0.447. The van der Waals surface area contributed by atoms with Gasteiger partial charge in [0, 0.05) is 23.3 Å². The summed E-state index contributed by atoms with van der Waals surface area (Å²) in [5.41, 5.74) is 1.28. The molecule has 174 valence electrons. The largest absolute Gasteiger partial charge is 0.469 e. The molecule has 1 N–H and O–H groups in total. The van der Waals surface area contributed by atoms with Crippen LogP contribution >= 0.6 is 15.9 Å². The highest BCUT2D eigenvalue weighted by Crippen LogP contribution is 2.28. The minimum absolute atomic E-state index is 0.0982. The molecule has 0 aromatic heterocycles. The quantitative estimate of drug-likeness (QED) is 0.266. The highest BCUT2D eigenvalue weighted by Gasteiger charge is 2.12. The molecule has 33 heavy (non-hydrogen) atoms. The first-order valence-electron chi connectivity index (χ1n) is 9.71. The number of rotatable bonds is 11. The monoisotopic (exact) mass is 517 g/mol. The van der Waals surface area contributed by atoms with Crippen LogP contribution < -0.4 is 0 Å². The van der Waals surface area contributed by atoms with Crippen LogP contribution in [0.1, 0.15) is 30.9 Å². The number of hydrogen-bond donors (Lipinski definition) is 1. The molecule has 0 spiro atoms. The van der Waals surface area contributed by atoms with Crippen molar-refractivity contribution in [1.82, 2.24) is 4.90 Å². The molecule has 0 saturated heterocycles. The van der Waals surface area contributed by atoms with Gasteiger partial charge in [0.15, 0.2) is 0 Å². The zero-order chi connectivity index (χ0) is 24.8. The first-order valence-corrected chi connectivity index (χ1v) is 10.5. The smallest absolute Gasteiger partial charge is 0.307 e. The summed E-state index contributed by atoms with van der Waals surface area (Å²) in [6, 6.07) is 6.96. The third-order valence-electron chi connectivity index (χ3n) is 4.40. The summed E-state index contributed by atoms with van der Waals surface area (Å²) >= 11 is 3.23. The van der Waals surface area contributed by atoms with Crippen LogP contribution in [-0.4, -0.2) is 55.9 Å². The first kappa shape index (κ1) is 27.5. The van der Waals surface area contributed by atoms with Gasteiger partial charge in [0.1, 0.15) is 17.8 Å². The second-order valence-corrected chi connectivity index (χ2v) is 7.45. The summed E-state index contributed by atoms with van der Waals surface area (Å²) in [4.78, 5) is 24.8. The minimum Gasteiger partial charge on any atom is -0.469 e. The molecule has 1 aromatic rings. The number of halogens is 1. The lowest BCUT2D eigenvalue weighted by Crippen LogP contribution is -2.28. The summed E-state index contributed by atoms with van der Waals surface area (Å²) < 4.78 is 9.89. The van der Waals surface area contributed by atoms with E-state index in [2.05, 4.69) is 35.6 Å². The number of aliphatic hydroxyl groups excluding tert-OH is 1. The molecule has 0 aliphatic carbocycles. The number of allylic oxidation sites excluding steroid dienone is 3. The molecule has 0 saturated carbocycles. The Hall–Kier alpha value is -3.54. The van der Waals surface area contributed by atoms with Gasteiger partial charge in [-0.25, -0.2) is 0 Å². The fourth-order valence-electron chi connectivity index (χ4n) is 2.55. The van der Waals surface area contributed by atoms with Gasteiger partial charge in [-0.2, -0.15) is 15.6 Å². The van der Waals surface area contributed by atoms with Gasteiger partial charge in [-0.05, 0) is 31.2 Å². The molecule has 1 aromatic carbocycles. The maximum absolute atomic E-state index is 11.5. The van der Waals surface area contributed by atoms with E-state index in [9.17, 15) is 25.2 Å². The molecule has 0 amide bonds. The predicted octanol–water partition coefficient (Wildman–Crippen LogP) is 3.48. The fourth-order valence-corrected chi connectivity index (χ4v) is 3.01. The molecular formula is C22H24BrN5O5. The number of ether oxygens (including phenoxy) is 2. The van der Waals surface area contributed by atoms with E-state index in [1.807, 2.05) is 12.1 Å². The van der Waals surface area contributed by atoms with Crippen LogP contribution in [0.3, 0.4) is 0 Å². The number of methoxy groups -OCH3 is 2. The Morgan fingerprint density at radius 2 is 1.61 bits per heavy atom. The molecule has 1 rings (SSSR count). The van der Waals surface area contributed by atoms with Crippen LogP contribution in [0.25, 0.3) is 0 Å². The lowest BCUT2D eigenvalue weighted by Gasteiger charge is -2.24. The summed E-state index contributed by atoms with van der Waals surface area (Å²) in [5.74, 6) is -0.773. The Morgan fingerprint density at radius 1 is 1.09 bits per heavy atom. The van der Waals surface area contributed by atoms with Crippen LogP contribution in [0.2, 0.25) is 0 Å². The Labute approximate surface area is 200 Å². The highest BCUT2D eigenvalue weighted by molar-refractivity contribution is 9.10. The van der Waals surface area contributed by atoms with E-state index in [1.165, 1.54) is 32.4 Å². The Balaban J connectivity index is 3.14. The van der Waals surface area contributed by atoms with Crippen molar-refractivity contribution in [2.75, 3.05) is 33.9 Å². The highest BCUT2D eigenvalue weighted by atomic mass is 79.9. The fraction of sp³-hybridized carbons (Fsp3) is 0.364. The molecule has 0 aliphatic rings. The molecule has 0 radical (unpaired) electrons. The average Bonchev–Trinajstić information content (AvgIpc) is 2.83. The van der Waals surface area contributed by atoms with Gasteiger partial charge in [0.25, 0.3) is 0 Å². The third-order valence-corrected chi connectivity index (χ3v) is 4.86. The molecule has 0 bridgehead atoms. The molecule has 0 atom stereocenters. The number of benzene rings is 1. The van der Waals surface area contributed by atoms with Crippen molar-refractivity contribution in [3.63, 3.8) is 0 Å². The number of hydrogen-bond acceptors (Lipinski definition) is 10. The van der Waals surface area contributed by atoms with Crippen LogP contribution in [-0.2, 0) is 19.1 Å². The van der Waals surface area contributed by atoms with Crippen molar-refractivity contribution < 1.29 is 24.2 Å². The van der Waals surface area contributed by atoms with Gasteiger partial charge in [-0.3, -0.25) is 9.59 Å². The zero-order valence-corrected chi connectivity index (χ0v) is 20.1. The van der Waals surface area contributed by atoms with Crippen LogP contribution in [0.15, 0.2) is 50.4 Å². The standard InChI is InChI=1S/C22H24BrN5O5/c1-15(28(8-6-20(30)32-2)9-7-21(31)33-3)4-5-19(14-29)26-27-22-16(12-24)10-18(23)11-17(22)13-25/h4-5,10-11,29H,6-9,14H2,1-3H3/b15-4+,19-5+,27-26+. The number of azo groups is 1. The number of aliphatic hydroxyl groups is 1. The number of carbonyl (C=O) groups excluding carboxylic acids is 2. The van der Waals surface area contributed by atoms with E-state index in [-0.39, 0.29) is 47.3 Å². The van der Waals surface area contributed by atoms with Crippen molar-refractivity contribution in [3.8, 4) is 12.1 Å². The van der Waals surface area contributed by atoms with Crippen LogP contribution in [0, 0.1) is 22.7 Å². The van der Waals surface area contributed by atoms with Crippen molar-refractivity contribution in [2.24, 2.45) is 10.2 Å². The molecule has 0 aliphatic heterocycles. The van der Waals surface area contributed by atoms with Gasteiger partial charge in [0.05, 0.1) is 50.5 Å². The van der Waals surface area contributed by atoms with E-state index in [1.54, 1.807) is 17.9 Å². The normalized spacial score (nSPS) is 11.6. The lowest BCUT2D eigenvalue weighted by atomic mass is 10.1. The lowest BCUT2D eigenvalue weighted by molar-refractivity contribution is -0.140. The third kappa shape index (κ3) is 9.23. The molecular weight excluding hydrogens is 494 g/mol. The maximum Gasteiger partial charge on any atom is 0.307 e. The summed E-state index contributed by atoms with van der Waals surface area (Å²) in [7, 11) is 2.60. The molecule has 0 unspecified atom stereocenters. The number of esters is 2. The SMILES string of the molecule is COC(=O)CCN(CCC(=O)OC)/C(C)=C/C=C(CO)/N=N/c1c(C#N)cc(Br)cc1C#N. The topological polar surface area (TPSA) is 148 Å². The number of nitrogens with zero attached hydrogens (tertiary/aromatic N) is 5. The number of nitriles is 2. The van der Waals surface area contributed by atoms with Crippen molar-refractivity contribution in [2.45, 2.75) is 19.8 Å². The van der Waals surface area contributed by atoms with Gasteiger partial charge < -0.3 is 19.5 Å². The van der Waals surface area contributed by atoms with E-state index >= 15 is 0 Å². The summed E-state index contributed by atoms with van der Waals surface area (Å²) in [6.45, 7) is 1.95. The molecule has 11 heteroatoms. The van der Waals surface area contributed by atoms with Crippen molar-refractivity contribution >= 4 is 33.6 Å². The maximum atomic E-state index is 11.5. The first-order chi connectivity index (χ1) is 15.8. The van der Waals surface area contributed by atoms with Crippen LogP contribution in [0.5, 0.6) is 0 Å².